The minimum Gasteiger partial charge on any atom is -0.489 e. The Balaban J connectivity index is 1.25. The number of fused-ring (bicyclic) bond motifs is 1. The smallest absolute Gasteiger partial charge is 0.258 e. The van der Waals surface area contributed by atoms with Gasteiger partial charge < -0.3 is 19.9 Å². The lowest BCUT2D eigenvalue weighted by Crippen LogP contribution is -2.40. The number of ether oxygens (including phenoxy) is 1. The number of halogens is 3. The third-order valence-electron chi connectivity index (χ3n) is 8.01. The maximum Gasteiger partial charge on any atom is 0.258 e. The van der Waals surface area contributed by atoms with Crippen LogP contribution in [0.25, 0.3) is 0 Å². The van der Waals surface area contributed by atoms with Crippen LogP contribution in [0, 0.1) is 8.99 Å². The molecule has 0 bridgehead atoms. The summed E-state index contributed by atoms with van der Waals surface area (Å²) < 4.78 is 34.4. The van der Waals surface area contributed by atoms with Gasteiger partial charge in [0.05, 0.1) is 17.9 Å². The molecule has 6 nitrogen and oxygen atoms in total. The number of benzene rings is 1. The zero-order valence-corrected chi connectivity index (χ0v) is 21.7. The van der Waals surface area contributed by atoms with Crippen molar-refractivity contribution in [3.05, 3.63) is 39.0 Å². The van der Waals surface area contributed by atoms with E-state index in [1.807, 2.05) is 23.1 Å². The molecule has 1 N–H and O–H groups in total. The van der Waals surface area contributed by atoms with Crippen LogP contribution in [0.3, 0.4) is 0 Å². The number of rotatable bonds is 4. The lowest BCUT2D eigenvalue weighted by Gasteiger charge is -2.35. The monoisotopic (exact) mass is 594 g/mol. The van der Waals surface area contributed by atoms with Gasteiger partial charge in [-0.25, -0.2) is 13.8 Å². The fraction of sp³-hybridized carbons (Fsp3) is 0.538. The Morgan fingerprint density at radius 3 is 2.43 bits per heavy atom. The van der Waals surface area contributed by atoms with Gasteiger partial charge in [-0.15, -0.1) is 0 Å². The van der Waals surface area contributed by atoms with E-state index in [4.69, 9.17) is 4.74 Å². The standard InChI is InChI=1S/C26H29F2IN4O2/c27-26(28)8-12-33(13-9-26)23-22-17(3-14-35-22)15-21(30-23)31-24(34)19-2-1-18(29)16-20(19)32-10-6-25(4-5-25)7-11-32/h1-2,15-16H,3-14H2,(H,30,31,34). The van der Waals surface area contributed by atoms with Gasteiger partial charge in [-0.05, 0) is 78.0 Å². The average Bonchev–Trinajstić information content (AvgIpc) is 3.41. The van der Waals surface area contributed by atoms with E-state index in [-0.39, 0.29) is 31.8 Å². The van der Waals surface area contributed by atoms with Crippen molar-refractivity contribution in [1.82, 2.24) is 4.98 Å². The molecule has 3 aliphatic heterocycles. The fourth-order valence-corrected chi connectivity index (χ4v) is 6.02. The second kappa shape index (κ2) is 8.74. The van der Waals surface area contributed by atoms with E-state index in [0.29, 0.717) is 41.4 Å². The van der Waals surface area contributed by atoms with E-state index < -0.39 is 5.92 Å². The highest BCUT2D eigenvalue weighted by Crippen LogP contribution is 2.54. The molecule has 3 fully saturated rings. The van der Waals surface area contributed by atoms with E-state index >= 15 is 0 Å². The summed E-state index contributed by atoms with van der Waals surface area (Å²) in [5.41, 5.74) is 3.12. The van der Waals surface area contributed by atoms with Crippen molar-refractivity contribution in [1.29, 1.82) is 0 Å². The Bertz CT molecular complexity index is 1150. The molecule has 1 aromatic carbocycles. The summed E-state index contributed by atoms with van der Waals surface area (Å²) in [6.45, 7) is 2.90. The fourth-order valence-electron chi connectivity index (χ4n) is 5.54. The first kappa shape index (κ1) is 23.2. The zero-order valence-electron chi connectivity index (χ0n) is 19.6. The van der Waals surface area contributed by atoms with Gasteiger partial charge in [-0.2, -0.15) is 0 Å². The van der Waals surface area contributed by atoms with Gasteiger partial charge in [0.1, 0.15) is 5.82 Å². The number of hydrogen-bond donors (Lipinski definition) is 1. The number of hydrogen-bond acceptors (Lipinski definition) is 5. The van der Waals surface area contributed by atoms with Gasteiger partial charge in [-0.3, -0.25) is 4.79 Å². The summed E-state index contributed by atoms with van der Waals surface area (Å²) in [6.07, 6.45) is 5.35. The lowest BCUT2D eigenvalue weighted by molar-refractivity contribution is -0.0222. The molecule has 0 atom stereocenters. The predicted molar refractivity (Wildman–Crippen MR) is 140 cm³/mol. The highest BCUT2D eigenvalue weighted by Gasteiger charge is 2.44. The van der Waals surface area contributed by atoms with Crippen LogP contribution in [0.2, 0.25) is 0 Å². The molecule has 4 heterocycles. The molecule has 1 spiro atoms. The molecule has 0 radical (unpaired) electrons. The van der Waals surface area contributed by atoms with Crippen LogP contribution in [0.4, 0.5) is 26.1 Å². The van der Waals surface area contributed by atoms with Crippen molar-refractivity contribution < 1.29 is 18.3 Å². The van der Waals surface area contributed by atoms with Crippen molar-refractivity contribution in [2.24, 2.45) is 5.41 Å². The second-order valence-electron chi connectivity index (χ2n) is 10.4. The van der Waals surface area contributed by atoms with Crippen LogP contribution in [-0.2, 0) is 6.42 Å². The quantitative estimate of drug-likeness (QED) is 0.475. The van der Waals surface area contributed by atoms with Crippen molar-refractivity contribution in [3.8, 4) is 5.75 Å². The molecule has 1 aliphatic carbocycles. The van der Waals surface area contributed by atoms with Crippen molar-refractivity contribution in [2.75, 3.05) is 47.9 Å². The minimum atomic E-state index is -2.64. The number of piperidine rings is 2. The summed E-state index contributed by atoms with van der Waals surface area (Å²) >= 11 is 2.29. The second-order valence-corrected chi connectivity index (χ2v) is 11.6. The number of anilines is 3. The van der Waals surface area contributed by atoms with Crippen LogP contribution in [0.1, 0.15) is 54.4 Å². The van der Waals surface area contributed by atoms with E-state index in [2.05, 4.69) is 43.9 Å². The highest BCUT2D eigenvalue weighted by molar-refractivity contribution is 14.1. The van der Waals surface area contributed by atoms with Crippen molar-refractivity contribution >= 4 is 45.8 Å². The number of nitrogens with one attached hydrogen (secondary N) is 1. The number of alkyl halides is 2. The lowest BCUT2D eigenvalue weighted by atomic mass is 9.93. The van der Waals surface area contributed by atoms with Gasteiger partial charge in [-0.1, -0.05) is 0 Å². The molecule has 6 rings (SSSR count). The molecule has 1 aromatic heterocycles. The number of aromatic nitrogens is 1. The maximum atomic E-state index is 13.7. The number of pyridine rings is 1. The summed E-state index contributed by atoms with van der Waals surface area (Å²) in [5, 5.41) is 3.00. The predicted octanol–water partition coefficient (Wildman–Crippen LogP) is 5.49. The normalized spacial score (nSPS) is 22.0. The van der Waals surface area contributed by atoms with Gasteiger partial charge in [0.15, 0.2) is 11.6 Å². The highest BCUT2D eigenvalue weighted by atomic mass is 127. The molecule has 4 aliphatic rings. The Hall–Kier alpha value is -2.17. The van der Waals surface area contributed by atoms with Gasteiger partial charge in [0.25, 0.3) is 11.8 Å². The molecule has 2 aromatic rings. The summed E-state index contributed by atoms with van der Waals surface area (Å²) in [5.74, 6) is -1.19. The first-order valence-corrected chi connectivity index (χ1v) is 13.5. The summed E-state index contributed by atoms with van der Waals surface area (Å²) in [7, 11) is 0. The van der Waals surface area contributed by atoms with Crippen LogP contribution in [0.5, 0.6) is 5.75 Å². The van der Waals surface area contributed by atoms with E-state index in [0.717, 1.165) is 27.9 Å². The van der Waals surface area contributed by atoms with Gasteiger partial charge >= 0.3 is 0 Å². The number of nitrogens with zero attached hydrogens (tertiary/aromatic N) is 3. The van der Waals surface area contributed by atoms with Crippen LogP contribution in [0.15, 0.2) is 24.3 Å². The SMILES string of the molecule is O=C(Nc1cc2c(c(N3CCC(F)(F)CC3)n1)OCC2)c1ccc(I)cc1N1CCC2(CC1)CC2. The minimum absolute atomic E-state index is 0.203. The van der Waals surface area contributed by atoms with Crippen LogP contribution in [-0.4, -0.2) is 49.6 Å². The molecule has 2 saturated heterocycles. The molecule has 35 heavy (non-hydrogen) atoms. The average molecular weight is 594 g/mol. The third-order valence-corrected chi connectivity index (χ3v) is 8.68. The summed E-state index contributed by atoms with van der Waals surface area (Å²) in [4.78, 5) is 22.3. The molecule has 9 heteroatoms. The van der Waals surface area contributed by atoms with Crippen molar-refractivity contribution in [2.45, 2.75) is 50.9 Å². The van der Waals surface area contributed by atoms with E-state index in [9.17, 15) is 13.6 Å². The van der Waals surface area contributed by atoms with Gasteiger partial charge in [0, 0.05) is 54.6 Å². The van der Waals surface area contributed by atoms with Gasteiger partial charge in [0.2, 0.25) is 0 Å². The van der Waals surface area contributed by atoms with Crippen molar-refractivity contribution in [3.63, 3.8) is 0 Å². The molecular weight excluding hydrogens is 565 g/mol. The Kier molecular flexibility index (Phi) is 5.80. The molecule has 1 saturated carbocycles. The molecule has 0 unspecified atom stereocenters. The van der Waals surface area contributed by atoms with Crippen LogP contribution < -0.4 is 19.9 Å². The maximum absolute atomic E-state index is 13.7. The Morgan fingerprint density at radius 1 is 1.00 bits per heavy atom. The molecular formula is C26H29F2IN4O2. The summed E-state index contributed by atoms with van der Waals surface area (Å²) in [6, 6.07) is 7.78. The Labute approximate surface area is 217 Å². The Morgan fingerprint density at radius 2 is 1.71 bits per heavy atom. The van der Waals surface area contributed by atoms with E-state index in [1.54, 1.807) is 0 Å². The number of amides is 1. The number of carbonyl (C=O) groups excluding carboxylic acids is 1. The topological polar surface area (TPSA) is 57.7 Å². The first-order valence-electron chi connectivity index (χ1n) is 12.5. The first-order chi connectivity index (χ1) is 16.8. The zero-order chi connectivity index (χ0) is 24.2. The van der Waals surface area contributed by atoms with E-state index in [1.165, 1.54) is 25.7 Å². The third kappa shape index (κ3) is 4.68. The molecule has 1 amide bonds. The largest absolute Gasteiger partial charge is 0.489 e. The number of carbonyl (C=O) groups is 1. The van der Waals surface area contributed by atoms with Crippen LogP contribution >= 0.6 is 22.6 Å². The molecule has 186 valence electrons.